The third-order valence-electron chi connectivity index (χ3n) is 10.3. The fourth-order valence-corrected chi connectivity index (χ4v) is 6.33. The molecule has 0 saturated carbocycles. The van der Waals surface area contributed by atoms with E-state index in [4.69, 9.17) is 65.1 Å². The van der Waals surface area contributed by atoms with Crippen LogP contribution in [0.25, 0.3) is 50.5 Å². The summed E-state index contributed by atoms with van der Waals surface area (Å²) in [6, 6.07) is 31.2. The van der Waals surface area contributed by atoms with Gasteiger partial charge in [-0.15, -0.1) is 0 Å². The van der Waals surface area contributed by atoms with Gasteiger partial charge in [-0.3, -0.25) is 0 Å². The van der Waals surface area contributed by atoms with E-state index >= 15 is 0 Å². The summed E-state index contributed by atoms with van der Waals surface area (Å²) in [7, 11) is -0.299. The van der Waals surface area contributed by atoms with Crippen molar-refractivity contribution in [2.24, 2.45) is 0 Å². The van der Waals surface area contributed by atoms with Crippen molar-refractivity contribution in [3.63, 3.8) is 0 Å². The van der Waals surface area contributed by atoms with Crippen molar-refractivity contribution in [3.8, 4) is 33.4 Å². The van der Waals surface area contributed by atoms with E-state index in [2.05, 4.69) is 26.0 Å². The first-order valence-corrected chi connectivity index (χ1v) is 21.8. The molecule has 1 aliphatic heterocycles. The van der Waals surface area contributed by atoms with Gasteiger partial charge in [-0.2, -0.15) is 0 Å². The Bertz CT molecular complexity index is 2600. The normalized spacial score (nSPS) is 12.9. The lowest BCUT2D eigenvalue weighted by Crippen LogP contribution is -2.41. The van der Waals surface area contributed by atoms with E-state index in [1.165, 1.54) is 0 Å². The van der Waals surface area contributed by atoms with E-state index in [0.29, 0.717) is 29.9 Å². The zero-order valence-electron chi connectivity index (χ0n) is 37.1. The summed E-state index contributed by atoms with van der Waals surface area (Å²) in [5, 5.41) is 3.31. The van der Waals surface area contributed by atoms with Crippen molar-refractivity contribution in [1.29, 1.82) is 0 Å². The Labute approximate surface area is 421 Å². The quantitative estimate of drug-likeness (QED) is 0.0951. The van der Waals surface area contributed by atoms with Crippen LogP contribution in [0, 0.1) is 6.92 Å². The maximum absolute atomic E-state index is 5.88. The summed E-state index contributed by atoms with van der Waals surface area (Å²) in [6.07, 6.45) is 12.3. The predicted molar refractivity (Wildman–Crippen MR) is 294 cm³/mol. The van der Waals surface area contributed by atoms with Gasteiger partial charge in [0.2, 0.25) is 0 Å². The molecule has 7 aromatic rings. The summed E-state index contributed by atoms with van der Waals surface area (Å²) >= 11 is 17.6. The summed E-state index contributed by atoms with van der Waals surface area (Å²) in [5.41, 5.74) is 20.1. The van der Waals surface area contributed by atoms with Crippen LogP contribution < -0.4 is 11.5 Å². The Kier molecular flexibility index (Phi) is 25.2. The van der Waals surface area contributed by atoms with Crippen molar-refractivity contribution in [2.45, 2.75) is 89.4 Å². The average Bonchev–Trinajstić information content (AvgIpc) is 3.83. The molecule has 3 aromatic carbocycles. The first-order valence-electron chi connectivity index (χ1n) is 20.7. The van der Waals surface area contributed by atoms with Crippen LogP contribution in [0.4, 0.5) is 11.6 Å². The van der Waals surface area contributed by atoms with Crippen molar-refractivity contribution in [2.75, 3.05) is 24.7 Å². The van der Waals surface area contributed by atoms with Crippen LogP contribution in [0.5, 0.6) is 0 Å². The van der Waals surface area contributed by atoms with Crippen molar-refractivity contribution in [3.05, 3.63) is 167 Å². The van der Waals surface area contributed by atoms with Gasteiger partial charge >= 0.3 is 7.12 Å². The number of fused-ring (bicyclic) bond motifs is 1. The molecule has 0 aliphatic carbocycles. The molecular weight excluding hydrogens is 914 g/mol. The zero-order valence-corrected chi connectivity index (χ0v) is 39.4. The van der Waals surface area contributed by atoms with Gasteiger partial charge in [0, 0.05) is 67.5 Å². The number of nitrogen functional groups attached to an aromatic ring is 2. The second-order valence-corrected chi connectivity index (χ2v) is 16.8. The highest BCUT2D eigenvalue weighted by Crippen LogP contribution is 2.37. The largest absolute Gasteiger partial charge is 0.502 e. The molecule has 5 heterocycles. The monoisotopic (exact) mass is 982 g/mol. The molecule has 68 heavy (non-hydrogen) atoms. The fraction of sp³-hybridized carbons (Fsp3) is 0.278. The summed E-state index contributed by atoms with van der Waals surface area (Å²) in [5.74, 6) is 2.85. The maximum Gasteiger partial charge on any atom is 0.490 e. The van der Waals surface area contributed by atoms with Crippen molar-refractivity contribution in [1.82, 2.24) is 19.9 Å². The number of benzene rings is 3. The SMILES string of the molecule is C.C.C.C.CCO/C=C/B1OC(C)(C)C(C)(C)O1.CCO/C=C/c1cc(-c2ccc(Cl)cc2)cnc1N.Cc1cc(-c2ccc(Cl)cc2)cnc1N.Clc1ccc(-c2cnc3[nH]ccc3c2)cc1. The van der Waals surface area contributed by atoms with Gasteiger partial charge in [0.1, 0.15) is 17.3 Å². The van der Waals surface area contributed by atoms with Crippen LogP contribution in [0.1, 0.15) is 82.4 Å². The number of aryl methyl sites for hydroxylation is 1. The second-order valence-electron chi connectivity index (χ2n) is 15.5. The Balaban J connectivity index is 0.000000447. The Hall–Kier alpha value is -5.82. The molecule has 0 bridgehead atoms. The average molecular weight is 984 g/mol. The number of anilines is 2. The minimum Gasteiger partial charge on any atom is -0.502 e. The molecule has 4 aromatic heterocycles. The summed E-state index contributed by atoms with van der Waals surface area (Å²) in [4.78, 5) is 15.7. The zero-order chi connectivity index (χ0) is 46.3. The Morgan fingerprint density at radius 3 is 1.49 bits per heavy atom. The van der Waals surface area contributed by atoms with E-state index in [1.54, 1.807) is 30.9 Å². The number of H-pyrrole nitrogens is 1. The summed E-state index contributed by atoms with van der Waals surface area (Å²) < 4.78 is 21.7. The third kappa shape index (κ3) is 17.4. The minimum absolute atomic E-state index is 0. The van der Waals surface area contributed by atoms with Crippen LogP contribution >= 0.6 is 34.8 Å². The number of rotatable bonds is 9. The Morgan fingerprint density at radius 1 is 0.588 bits per heavy atom. The van der Waals surface area contributed by atoms with E-state index in [9.17, 15) is 0 Å². The predicted octanol–water partition coefficient (Wildman–Crippen LogP) is 15.9. The number of nitrogens with zero attached hydrogens (tertiary/aromatic N) is 3. The number of ether oxygens (including phenoxy) is 2. The number of hydrogen-bond acceptors (Lipinski definition) is 9. The molecule has 10 nitrogen and oxygen atoms in total. The molecule has 5 N–H and O–H groups in total. The molecule has 0 atom stereocenters. The number of nitrogens with two attached hydrogens (primary N) is 2. The molecule has 14 heteroatoms. The topological polar surface area (TPSA) is 143 Å². The van der Waals surface area contributed by atoms with Crippen LogP contribution in [0.3, 0.4) is 0 Å². The van der Waals surface area contributed by atoms with E-state index in [-0.39, 0.29) is 48.0 Å². The van der Waals surface area contributed by atoms with Gasteiger partial charge in [0.25, 0.3) is 0 Å². The number of nitrogens with one attached hydrogen (secondary N) is 1. The molecule has 0 radical (unpaired) electrons. The standard InChI is InChI=1S/C15H15ClN2O.C13H9ClN2.C12H11ClN2.C10H19BO3.4CH4/c1-2-19-8-7-12-9-13(10-18-15(12)17)11-3-5-14(16)6-4-11;14-12-3-1-9(2-4-12)11-7-10-5-6-15-13(10)16-8-11;1-8-6-10(7-15-12(8)14)9-2-4-11(13)5-3-9;1-6-12-8-7-11-13-9(2,3)10(4,5)14-11;;;;/h3-10H,2H2,1H3,(H2,17,18);1-8H,(H,15,16);2-7H,1H3,(H2,14,15);7-8H,6H2,1-5H3;4*1H4/b8-7+;;;8-7+;;;;. The summed E-state index contributed by atoms with van der Waals surface area (Å²) in [6.45, 7) is 15.2. The minimum atomic E-state index is -0.299. The van der Waals surface area contributed by atoms with E-state index in [0.717, 1.165) is 65.6 Å². The first kappa shape index (κ1) is 60.2. The van der Waals surface area contributed by atoms with E-state index < -0.39 is 0 Å². The van der Waals surface area contributed by atoms with Crippen molar-refractivity contribution >= 4 is 70.7 Å². The van der Waals surface area contributed by atoms with Gasteiger partial charge in [0.05, 0.1) is 36.9 Å². The lowest BCUT2D eigenvalue weighted by Gasteiger charge is -2.32. The van der Waals surface area contributed by atoms with Gasteiger partial charge in [0.15, 0.2) is 0 Å². The number of halogens is 3. The first-order chi connectivity index (χ1) is 30.6. The van der Waals surface area contributed by atoms with Crippen LogP contribution in [-0.4, -0.2) is 51.5 Å². The molecule has 0 unspecified atom stereocenters. The number of aromatic nitrogens is 4. The van der Waals surface area contributed by atoms with Gasteiger partial charge in [-0.1, -0.05) is 101 Å². The maximum atomic E-state index is 5.88. The highest BCUT2D eigenvalue weighted by Gasteiger charge is 2.50. The third-order valence-corrected chi connectivity index (χ3v) is 11.0. The smallest absolute Gasteiger partial charge is 0.490 e. The van der Waals surface area contributed by atoms with Crippen LogP contribution in [0.2, 0.25) is 15.1 Å². The van der Waals surface area contributed by atoms with Crippen LogP contribution in [-0.2, 0) is 18.8 Å². The number of hydrogen-bond donors (Lipinski definition) is 3. The highest BCUT2D eigenvalue weighted by molar-refractivity contribution is 6.51. The number of pyridine rings is 3. The second kappa shape index (κ2) is 28.5. The molecule has 8 rings (SSSR count). The molecular formula is C54H70BCl3N6O4. The molecule has 1 fully saturated rings. The highest BCUT2D eigenvalue weighted by atomic mass is 35.5. The van der Waals surface area contributed by atoms with Gasteiger partial charge in [-0.05, 0) is 143 Å². The fourth-order valence-electron chi connectivity index (χ4n) is 5.95. The Morgan fingerprint density at radius 2 is 1.01 bits per heavy atom. The van der Waals surface area contributed by atoms with Crippen molar-refractivity contribution < 1.29 is 18.8 Å². The molecule has 364 valence electrons. The number of aromatic amines is 1. The molecule has 0 amide bonds. The van der Waals surface area contributed by atoms with Gasteiger partial charge < -0.3 is 35.2 Å². The van der Waals surface area contributed by atoms with Gasteiger partial charge in [-0.25, -0.2) is 15.0 Å². The lowest BCUT2D eigenvalue weighted by molar-refractivity contribution is 0.00578. The van der Waals surface area contributed by atoms with E-state index in [1.807, 2.05) is 158 Å². The molecule has 0 spiro atoms. The molecule has 1 aliphatic rings. The van der Waals surface area contributed by atoms with Crippen LogP contribution in [0.15, 0.2) is 140 Å². The molecule has 1 saturated heterocycles. The lowest BCUT2D eigenvalue weighted by atomic mass is 9.90.